The van der Waals surface area contributed by atoms with Gasteiger partial charge in [0.1, 0.15) is 12.2 Å². The third-order valence-electron chi connectivity index (χ3n) is 13.7. The Morgan fingerprint density at radius 2 is 1.81 bits per heavy atom. The summed E-state index contributed by atoms with van der Waals surface area (Å²) in [4.78, 5) is 40.3. The molecule has 3 N–H and O–H groups in total. The number of carboxylic acid groups (broad SMARTS) is 1. The van der Waals surface area contributed by atoms with Gasteiger partial charge in [0.05, 0.1) is 25.7 Å². The molecule has 0 amide bonds. The van der Waals surface area contributed by atoms with Crippen molar-refractivity contribution in [3.8, 4) is 0 Å². The number of carbonyl (C=O) groups excluding carboxylic acids is 2. The molecule has 2 bridgehead atoms. The van der Waals surface area contributed by atoms with E-state index in [1.54, 1.807) is 0 Å². The van der Waals surface area contributed by atoms with Crippen molar-refractivity contribution in [2.75, 3.05) is 26.4 Å². The molecule has 5 aliphatic rings. The fraction of sp³-hybridized carbons (Fsp3) is 0.853. The Balaban J connectivity index is 1.65. The van der Waals surface area contributed by atoms with Gasteiger partial charge in [-0.05, 0) is 72.7 Å². The van der Waals surface area contributed by atoms with Crippen LogP contribution < -0.4 is 5.73 Å². The van der Waals surface area contributed by atoms with Crippen molar-refractivity contribution < 1.29 is 33.7 Å². The van der Waals surface area contributed by atoms with E-state index in [4.69, 9.17) is 19.9 Å². The molecule has 0 spiro atoms. The Bertz CT molecular complexity index is 1170. The predicted octanol–water partition coefficient (Wildman–Crippen LogP) is 5.03. The molecule has 1 aliphatic heterocycles. The van der Waals surface area contributed by atoms with E-state index in [0.717, 1.165) is 31.3 Å². The molecule has 236 valence electrons. The molecule has 42 heavy (non-hydrogen) atoms. The molecule has 8 nitrogen and oxygen atoms in total. The van der Waals surface area contributed by atoms with Crippen LogP contribution in [-0.2, 0) is 28.6 Å². The SMILES string of the molecule is CC(=O)O[C@@H]1C[C@@]23COCC(C)([C@H]1OCCN)[C@@H]2CC[C@H]1C3=CC(=O)[C@@]2(C)[C@H](C(=O)O)[C@@](C)([C@H](C)C(C)C)CC[C@]12C. The molecule has 0 radical (unpaired) electrons. The van der Waals surface area contributed by atoms with E-state index >= 15 is 0 Å². The number of allylic oxidation sites excluding steroid dienone is 1. The number of carbonyl (C=O) groups is 3. The Morgan fingerprint density at radius 1 is 1.12 bits per heavy atom. The van der Waals surface area contributed by atoms with Gasteiger partial charge < -0.3 is 25.1 Å². The maximum Gasteiger partial charge on any atom is 0.308 e. The number of esters is 1. The van der Waals surface area contributed by atoms with E-state index in [9.17, 15) is 19.5 Å². The summed E-state index contributed by atoms with van der Waals surface area (Å²) in [5.41, 5.74) is 3.94. The zero-order valence-corrected chi connectivity index (χ0v) is 27.0. The highest BCUT2D eigenvalue weighted by atomic mass is 16.6. The van der Waals surface area contributed by atoms with Gasteiger partial charge in [-0.25, -0.2) is 0 Å². The average Bonchev–Trinajstić information content (AvgIpc) is 2.89. The average molecular weight is 588 g/mol. The summed E-state index contributed by atoms with van der Waals surface area (Å²) in [5.74, 6) is -1.40. The molecule has 5 rings (SSSR count). The number of ether oxygens (including phenoxy) is 3. The minimum atomic E-state index is -1.04. The third-order valence-corrected chi connectivity index (χ3v) is 13.7. The lowest BCUT2D eigenvalue weighted by Crippen LogP contribution is -2.71. The summed E-state index contributed by atoms with van der Waals surface area (Å²) in [6.45, 7) is 18.0. The zero-order valence-electron chi connectivity index (χ0n) is 27.0. The number of hydrogen-bond acceptors (Lipinski definition) is 7. The minimum absolute atomic E-state index is 0.0441. The molecule has 1 unspecified atom stereocenters. The van der Waals surface area contributed by atoms with Crippen LogP contribution in [0.1, 0.15) is 87.5 Å². The number of hydrogen-bond donors (Lipinski definition) is 2. The second kappa shape index (κ2) is 10.4. The number of aliphatic carboxylic acids is 1. The Hall–Kier alpha value is -1.77. The monoisotopic (exact) mass is 587 g/mol. The van der Waals surface area contributed by atoms with Crippen molar-refractivity contribution in [2.45, 2.75) is 99.7 Å². The van der Waals surface area contributed by atoms with Gasteiger partial charge in [0.25, 0.3) is 0 Å². The number of rotatable bonds is 7. The quantitative estimate of drug-likeness (QED) is 0.398. The fourth-order valence-electron chi connectivity index (χ4n) is 11.2. The van der Waals surface area contributed by atoms with Gasteiger partial charge in [-0.2, -0.15) is 0 Å². The summed E-state index contributed by atoms with van der Waals surface area (Å²) < 4.78 is 18.7. The number of fused-ring (bicyclic) bond motifs is 3. The lowest BCUT2D eigenvalue weighted by Gasteiger charge is -2.70. The van der Waals surface area contributed by atoms with Gasteiger partial charge in [-0.15, -0.1) is 0 Å². The first-order valence-electron chi connectivity index (χ1n) is 16.1. The number of nitrogens with two attached hydrogens (primary N) is 1. The standard InChI is InChI=1S/C34H53NO7/c1-19(2)20(3)30(5)11-12-32(7)22-9-10-25-31(6)17-40-18-34(25,16-24(42-21(4)36)28(31)41-14-13-35)23(22)15-26(37)33(32,8)27(30)29(38)39/h15,19-20,22,24-25,27-28H,9-14,16-18,35H2,1-8H3,(H,38,39)/t20-,22+,24-,25+,27-,28+,30-,31?,32-,33+,34+/m1/s1. The maximum atomic E-state index is 14.7. The molecule has 8 heteroatoms. The van der Waals surface area contributed by atoms with E-state index in [0.29, 0.717) is 38.7 Å². The summed E-state index contributed by atoms with van der Waals surface area (Å²) in [6.07, 6.45) is 4.89. The van der Waals surface area contributed by atoms with Gasteiger partial charge in [0.15, 0.2) is 5.78 Å². The van der Waals surface area contributed by atoms with E-state index < -0.39 is 45.1 Å². The van der Waals surface area contributed by atoms with Crippen molar-refractivity contribution in [1.82, 2.24) is 0 Å². The van der Waals surface area contributed by atoms with Gasteiger partial charge in [0.2, 0.25) is 0 Å². The van der Waals surface area contributed by atoms with Crippen LogP contribution in [0.25, 0.3) is 0 Å². The molecule has 4 fully saturated rings. The predicted molar refractivity (Wildman–Crippen MR) is 158 cm³/mol. The number of carboxylic acids is 1. The molecule has 11 atom stereocenters. The molecule has 3 saturated carbocycles. The molecule has 1 heterocycles. The summed E-state index contributed by atoms with van der Waals surface area (Å²) in [6, 6.07) is 0. The Kier molecular flexibility index (Phi) is 7.84. The van der Waals surface area contributed by atoms with E-state index in [1.807, 2.05) is 13.0 Å². The topological polar surface area (TPSA) is 125 Å². The lowest BCUT2D eigenvalue weighted by molar-refractivity contribution is -0.265. The summed E-state index contributed by atoms with van der Waals surface area (Å²) >= 11 is 0. The maximum absolute atomic E-state index is 14.7. The second-order valence-corrected chi connectivity index (χ2v) is 15.7. The third kappa shape index (κ3) is 4.06. The Morgan fingerprint density at radius 3 is 2.40 bits per heavy atom. The van der Waals surface area contributed by atoms with Crippen LogP contribution >= 0.6 is 0 Å². The molecule has 1 saturated heterocycles. The number of ketones is 1. The van der Waals surface area contributed by atoms with Crippen LogP contribution in [0.15, 0.2) is 11.6 Å². The lowest BCUT2D eigenvalue weighted by atomic mass is 9.34. The summed E-state index contributed by atoms with van der Waals surface area (Å²) in [5, 5.41) is 10.9. The normalized spacial score (nSPS) is 47.0. The van der Waals surface area contributed by atoms with Crippen molar-refractivity contribution in [2.24, 2.45) is 62.4 Å². The molecular weight excluding hydrogens is 534 g/mol. The summed E-state index contributed by atoms with van der Waals surface area (Å²) in [7, 11) is 0. The molecule has 0 aromatic rings. The van der Waals surface area contributed by atoms with Crippen LogP contribution in [0.5, 0.6) is 0 Å². The van der Waals surface area contributed by atoms with Crippen molar-refractivity contribution >= 4 is 17.7 Å². The van der Waals surface area contributed by atoms with Gasteiger partial charge in [-0.3, -0.25) is 14.4 Å². The zero-order chi connectivity index (χ0) is 31.0. The minimum Gasteiger partial charge on any atom is -0.481 e. The first-order chi connectivity index (χ1) is 19.5. The largest absolute Gasteiger partial charge is 0.481 e. The second-order valence-electron chi connectivity index (χ2n) is 15.7. The highest BCUT2D eigenvalue weighted by Crippen LogP contribution is 2.74. The van der Waals surface area contributed by atoms with Gasteiger partial charge >= 0.3 is 11.9 Å². The molecule has 0 aromatic carbocycles. The van der Waals surface area contributed by atoms with Crippen LogP contribution in [0.4, 0.5) is 0 Å². The van der Waals surface area contributed by atoms with Crippen LogP contribution in [0, 0.1) is 56.7 Å². The van der Waals surface area contributed by atoms with Crippen LogP contribution in [0.3, 0.4) is 0 Å². The van der Waals surface area contributed by atoms with E-state index in [2.05, 4.69) is 41.5 Å². The smallest absolute Gasteiger partial charge is 0.308 e. The Labute approximate surface area is 251 Å². The van der Waals surface area contributed by atoms with Crippen LogP contribution in [-0.4, -0.2) is 61.4 Å². The molecule has 4 aliphatic carbocycles. The molecule has 0 aromatic heterocycles. The fourth-order valence-corrected chi connectivity index (χ4v) is 11.2. The van der Waals surface area contributed by atoms with E-state index in [-0.39, 0.29) is 35.6 Å². The first-order valence-corrected chi connectivity index (χ1v) is 16.1. The highest BCUT2D eigenvalue weighted by molar-refractivity contribution is 6.00. The van der Waals surface area contributed by atoms with Crippen molar-refractivity contribution in [3.63, 3.8) is 0 Å². The highest BCUT2D eigenvalue weighted by Gasteiger charge is 2.74. The van der Waals surface area contributed by atoms with Crippen molar-refractivity contribution in [1.29, 1.82) is 0 Å². The first kappa shape index (κ1) is 31.6. The van der Waals surface area contributed by atoms with Gasteiger partial charge in [-0.1, -0.05) is 54.0 Å². The molecular formula is C34H53NO7. The van der Waals surface area contributed by atoms with Crippen molar-refractivity contribution in [3.05, 3.63) is 11.6 Å². The van der Waals surface area contributed by atoms with Gasteiger partial charge in [0, 0.05) is 29.7 Å². The van der Waals surface area contributed by atoms with E-state index in [1.165, 1.54) is 6.92 Å². The van der Waals surface area contributed by atoms with Crippen LogP contribution in [0.2, 0.25) is 0 Å².